The lowest BCUT2D eigenvalue weighted by molar-refractivity contribution is -0.118. The molecule has 0 bridgehead atoms. The van der Waals surface area contributed by atoms with Crippen LogP contribution in [-0.2, 0) is 4.79 Å². The quantitative estimate of drug-likeness (QED) is 0.499. The van der Waals surface area contributed by atoms with Crippen LogP contribution >= 0.6 is 27.7 Å². The molecule has 158 valence electrons. The Morgan fingerprint density at radius 3 is 2.57 bits per heavy atom. The maximum atomic E-state index is 12.9. The van der Waals surface area contributed by atoms with Gasteiger partial charge in [-0.25, -0.2) is 0 Å². The molecule has 30 heavy (non-hydrogen) atoms. The highest BCUT2D eigenvalue weighted by Gasteiger charge is 2.25. The Balaban J connectivity index is 1.68. The van der Waals surface area contributed by atoms with E-state index in [0.717, 1.165) is 18.6 Å². The molecule has 1 atom stereocenters. The number of thioether (sulfide) groups is 1. The van der Waals surface area contributed by atoms with Gasteiger partial charge in [-0.2, -0.15) is 11.8 Å². The topological polar surface area (TPSA) is 87.3 Å². The number of hydrogen-bond acceptors (Lipinski definition) is 4. The normalized spacial score (nSPS) is 13.9. The van der Waals surface area contributed by atoms with E-state index in [1.54, 1.807) is 54.2 Å². The first-order valence-electron chi connectivity index (χ1n) is 9.74. The number of halogens is 1. The van der Waals surface area contributed by atoms with Gasteiger partial charge in [0.15, 0.2) is 0 Å². The lowest BCUT2D eigenvalue weighted by atomic mass is 10.1. The van der Waals surface area contributed by atoms with E-state index < -0.39 is 6.04 Å². The largest absolute Gasteiger partial charge is 0.349 e. The van der Waals surface area contributed by atoms with Crippen LogP contribution in [0.5, 0.6) is 0 Å². The molecule has 0 saturated heterocycles. The molecule has 0 aliphatic heterocycles. The molecule has 0 heterocycles. The van der Waals surface area contributed by atoms with Crippen molar-refractivity contribution in [3.05, 3.63) is 64.1 Å². The second-order valence-electron chi connectivity index (χ2n) is 7.11. The molecule has 1 aliphatic rings. The van der Waals surface area contributed by atoms with Crippen molar-refractivity contribution < 1.29 is 14.4 Å². The Kier molecular flexibility index (Phi) is 7.93. The predicted octanol–water partition coefficient (Wildman–Crippen LogP) is 3.83. The van der Waals surface area contributed by atoms with E-state index in [1.807, 2.05) is 12.3 Å². The Labute approximate surface area is 188 Å². The van der Waals surface area contributed by atoms with Crippen molar-refractivity contribution in [3.63, 3.8) is 0 Å². The minimum absolute atomic E-state index is 0.144. The van der Waals surface area contributed by atoms with Crippen molar-refractivity contribution in [2.45, 2.75) is 31.3 Å². The van der Waals surface area contributed by atoms with Gasteiger partial charge in [-0.05, 0) is 77.5 Å². The Morgan fingerprint density at radius 2 is 1.87 bits per heavy atom. The van der Waals surface area contributed by atoms with Crippen LogP contribution in [0.25, 0.3) is 0 Å². The van der Waals surface area contributed by atoms with E-state index in [4.69, 9.17) is 0 Å². The summed E-state index contributed by atoms with van der Waals surface area (Å²) in [6.45, 7) is 0. The average molecular weight is 490 g/mol. The minimum Gasteiger partial charge on any atom is -0.349 e. The summed E-state index contributed by atoms with van der Waals surface area (Å²) in [5, 5.41) is 8.59. The van der Waals surface area contributed by atoms with E-state index in [9.17, 15) is 14.4 Å². The highest BCUT2D eigenvalue weighted by Crippen LogP contribution is 2.20. The number of amides is 3. The number of benzene rings is 2. The molecule has 0 radical (unpaired) electrons. The van der Waals surface area contributed by atoms with Gasteiger partial charge in [0.05, 0.1) is 5.56 Å². The van der Waals surface area contributed by atoms with E-state index in [0.29, 0.717) is 27.7 Å². The second-order valence-corrected chi connectivity index (χ2v) is 8.95. The molecule has 6 nitrogen and oxygen atoms in total. The summed E-state index contributed by atoms with van der Waals surface area (Å²) in [6.07, 6.45) is 4.46. The van der Waals surface area contributed by atoms with Crippen LogP contribution in [0, 0.1) is 0 Å². The lowest BCUT2D eigenvalue weighted by Gasteiger charge is -2.19. The zero-order chi connectivity index (χ0) is 21.5. The summed E-state index contributed by atoms with van der Waals surface area (Å²) in [5.41, 5.74) is 1.49. The van der Waals surface area contributed by atoms with Gasteiger partial charge in [-0.15, -0.1) is 0 Å². The van der Waals surface area contributed by atoms with E-state index in [2.05, 4.69) is 31.9 Å². The van der Waals surface area contributed by atoms with E-state index in [-0.39, 0.29) is 23.8 Å². The van der Waals surface area contributed by atoms with Crippen molar-refractivity contribution in [1.29, 1.82) is 0 Å². The third-order valence-corrected chi connectivity index (χ3v) is 5.99. The second kappa shape index (κ2) is 10.6. The van der Waals surface area contributed by atoms with Gasteiger partial charge in [0.2, 0.25) is 5.91 Å². The monoisotopic (exact) mass is 489 g/mol. The summed E-state index contributed by atoms with van der Waals surface area (Å²) in [6, 6.07) is 13.5. The molecule has 0 spiro atoms. The number of anilines is 1. The zero-order valence-electron chi connectivity index (χ0n) is 16.6. The maximum absolute atomic E-state index is 12.9. The van der Waals surface area contributed by atoms with Gasteiger partial charge < -0.3 is 16.0 Å². The van der Waals surface area contributed by atoms with Crippen molar-refractivity contribution >= 4 is 51.1 Å². The highest BCUT2D eigenvalue weighted by molar-refractivity contribution is 9.10. The van der Waals surface area contributed by atoms with Gasteiger partial charge in [0, 0.05) is 21.8 Å². The van der Waals surface area contributed by atoms with Gasteiger partial charge in [0.1, 0.15) is 6.04 Å². The van der Waals surface area contributed by atoms with Crippen LogP contribution in [0.1, 0.15) is 40.0 Å². The smallest absolute Gasteiger partial charge is 0.253 e. The van der Waals surface area contributed by atoms with Crippen molar-refractivity contribution in [3.8, 4) is 0 Å². The molecule has 1 aliphatic carbocycles. The highest BCUT2D eigenvalue weighted by atomic mass is 79.9. The van der Waals surface area contributed by atoms with Crippen LogP contribution in [0.4, 0.5) is 5.69 Å². The molecule has 3 rings (SSSR count). The molecule has 0 unspecified atom stereocenters. The first-order valence-corrected chi connectivity index (χ1v) is 11.9. The minimum atomic E-state index is -0.694. The number of rotatable bonds is 9. The number of carbonyl (C=O) groups excluding carboxylic acids is 3. The molecular formula is C22H24BrN3O3S. The van der Waals surface area contributed by atoms with Crippen LogP contribution in [0.3, 0.4) is 0 Å². The summed E-state index contributed by atoms with van der Waals surface area (Å²) >= 11 is 4.97. The molecule has 3 N–H and O–H groups in total. The molecular weight excluding hydrogens is 466 g/mol. The third-order valence-electron chi connectivity index (χ3n) is 4.66. The molecule has 2 aromatic rings. The molecule has 8 heteroatoms. The Bertz CT molecular complexity index is 933. The Hall–Kier alpha value is -2.32. The molecule has 0 aromatic heterocycles. The van der Waals surface area contributed by atoms with Gasteiger partial charge in [-0.3, -0.25) is 14.4 Å². The van der Waals surface area contributed by atoms with Crippen molar-refractivity contribution in [2.24, 2.45) is 0 Å². The first kappa shape index (κ1) is 22.4. The van der Waals surface area contributed by atoms with Crippen LogP contribution < -0.4 is 16.0 Å². The predicted molar refractivity (Wildman–Crippen MR) is 124 cm³/mol. The summed E-state index contributed by atoms with van der Waals surface area (Å²) in [5.74, 6) is -0.0571. The number of nitrogens with one attached hydrogen (secondary N) is 3. The van der Waals surface area contributed by atoms with E-state index >= 15 is 0 Å². The molecule has 1 fully saturated rings. The summed E-state index contributed by atoms with van der Waals surface area (Å²) in [4.78, 5) is 37.8. The van der Waals surface area contributed by atoms with Crippen LogP contribution in [-0.4, -0.2) is 41.8 Å². The molecule has 3 amide bonds. The standard InChI is InChI=1S/C22H24BrN3O3S/c1-30-12-11-19(26-21(28)17-7-2-3-8-18(17)23)22(29)25-16-6-4-5-14(13-16)20(27)24-15-9-10-15/h2-8,13,15,19H,9-12H2,1H3,(H,24,27)(H,25,29)(H,26,28)/t19-/m1/s1. The van der Waals surface area contributed by atoms with Crippen molar-refractivity contribution in [2.75, 3.05) is 17.3 Å². The average Bonchev–Trinajstić information content (AvgIpc) is 3.55. The first-order chi connectivity index (χ1) is 14.5. The fourth-order valence-corrected chi connectivity index (χ4v) is 3.79. The lowest BCUT2D eigenvalue weighted by Crippen LogP contribution is -2.44. The number of hydrogen-bond donors (Lipinski definition) is 3. The zero-order valence-corrected chi connectivity index (χ0v) is 19.0. The summed E-state index contributed by atoms with van der Waals surface area (Å²) < 4.78 is 0.668. The van der Waals surface area contributed by atoms with Gasteiger partial charge in [0.25, 0.3) is 11.8 Å². The summed E-state index contributed by atoms with van der Waals surface area (Å²) in [7, 11) is 0. The maximum Gasteiger partial charge on any atom is 0.253 e. The van der Waals surface area contributed by atoms with Crippen molar-refractivity contribution in [1.82, 2.24) is 10.6 Å². The van der Waals surface area contributed by atoms with Crippen LogP contribution in [0.2, 0.25) is 0 Å². The van der Waals surface area contributed by atoms with Crippen LogP contribution in [0.15, 0.2) is 53.0 Å². The molecule has 1 saturated carbocycles. The number of carbonyl (C=O) groups is 3. The van der Waals surface area contributed by atoms with E-state index in [1.165, 1.54) is 0 Å². The fraction of sp³-hybridized carbons (Fsp3) is 0.318. The third kappa shape index (κ3) is 6.34. The van der Waals surface area contributed by atoms with Gasteiger partial charge >= 0.3 is 0 Å². The Morgan fingerprint density at radius 1 is 1.10 bits per heavy atom. The SMILES string of the molecule is CSCC[C@@H](NC(=O)c1ccccc1Br)C(=O)Nc1cccc(C(=O)NC2CC2)c1. The van der Waals surface area contributed by atoms with Gasteiger partial charge in [-0.1, -0.05) is 18.2 Å². The fourth-order valence-electron chi connectivity index (χ4n) is 2.85. The molecule has 2 aromatic carbocycles.